The third kappa shape index (κ3) is 6.28. The lowest BCUT2D eigenvalue weighted by Gasteiger charge is -2.36. The lowest BCUT2D eigenvalue weighted by atomic mass is 10.1. The summed E-state index contributed by atoms with van der Waals surface area (Å²) in [6.07, 6.45) is 3.30. The van der Waals surface area contributed by atoms with Crippen molar-refractivity contribution in [3.63, 3.8) is 0 Å². The first-order valence-corrected chi connectivity index (χ1v) is 9.18. The molecular formula is C17H32N4O3. The molecule has 0 aromatic carbocycles. The molecule has 0 unspecified atom stereocenters. The molecule has 2 aliphatic rings. The molecular weight excluding hydrogens is 308 g/mol. The van der Waals surface area contributed by atoms with Gasteiger partial charge in [-0.15, -0.1) is 0 Å². The number of piperazine rings is 1. The second-order valence-electron chi connectivity index (χ2n) is 6.26. The lowest BCUT2D eigenvalue weighted by molar-refractivity contribution is -0.130. The average Bonchev–Trinajstić information content (AvgIpc) is 2.61. The van der Waals surface area contributed by atoms with E-state index in [-0.39, 0.29) is 5.91 Å². The Balaban J connectivity index is 1.69. The van der Waals surface area contributed by atoms with Crippen LogP contribution in [0.15, 0.2) is 4.99 Å². The molecule has 7 heteroatoms. The zero-order valence-corrected chi connectivity index (χ0v) is 15.1. The van der Waals surface area contributed by atoms with Gasteiger partial charge in [0.25, 0.3) is 0 Å². The van der Waals surface area contributed by atoms with E-state index in [1.54, 1.807) is 6.92 Å². The smallest absolute Gasteiger partial charge is 0.219 e. The largest absolute Gasteiger partial charge is 0.381 e. The van der Waals surface area contributed by atoms with E-state index in [0.717, 1.165) is 84.3 Å². The van der Waals surface area contributed by atoms with Crippen molar-refractivity contribution in [1.82, 2.24) is 15.1 Å². The Morgan fingerprint density at radius 2 is 1.88 bits per heavy atom. The van der Waals surface area contributed by atoms with Crippen molar-refractivity contribution in [1.29, 1.82) is 0 Å². The van der Waals surface area contributed by atoms with Crippen LogP contribution in [0.3, 0.4) is 0 Å². The number of guanidine groups is 1. The van der Waals surface area contributed by atoms with E-state index >= 15 is 0 Å². The van der Waals surface area contributed by atoms with Crippen molar-refractivity contribution in [2.45, 2.75) is 39.2 Å². The van der Waals surface area contributed by atoms with Crippen molar-refractivity contribution >= 4 is 11.9 Å². The molecule has 1 N–H and O–H groups in total. The van der Waals surface area contributed by atoms with Crippen LogP contribution < -0.4 is 5.32 Å². The number of rotatable bonds is 6. The summed E-state index contributed by atoms with van der Waals surface area (Å²) in [5, 5.41) is 3.35. The van der Waals surface area contributed by atoms with Crippen LogP contribution >= 0.6 is 0 Å². The minimum absolute atomic E-state index is 0.154. The summed E-state index contributed by atoms with van der Waals surface area (Å²) >= 11 is 0. The maximum Gasteiger partial charge on any atom is 0.219 e. The highest BCUT2D eigenvalue weighted by Gasteiger charge is 2.20. The quantitative estimate of drug-likeness (QED) is 0.438. The normalized spacial score (nSPS) is 20.3. The molecule has 0 bridgehead atoms. The van der Waals surface area contributed by atoms with E-state index in [1.807, 2.05) is 4.90 Å². The Labute approximate surface area is 145 Å². The Morgan fingerprint density at radius 1 is 1.21 bits per heavy atom. The molecule has 138 valence electrons. The average molecular weight is 340 g/mol. The van der Waals surface area contributed by atoms with E-state index in [4.69, 9.17) is 14.5 Å². The van der Waals surface area contributed by atoms with Gasteiger partial charge < -0.3 is 24.6 Å². The maximum atomic E-state index is 11.4. The predicted octanol–water partition coefficient (Wildman–Crippen LogP) is 0.702. The van der Waals surface area contributed by atoms with Crippen LogP contribution in [0.4, 0.5) is 0 Å². The van der Waals surface area contributed by atoms with Gasteiger partial charge in [0.15, 0.2) is 5.96 Å². The van der Waals surface area contributed by atoms with Gasteiger partial charge in [0, 0.05) is 66.0 Å². The van der Waals surface area contributed by atoms with Crippen LogP contribution in [0.5, 0.6) is 0 Å². The number of nitrogens with one attached hydrogen (secondary N) is 1. The summed E-state index contributed by atoms with van der Waals surface area (Å²) < 4.78 is 11.2. The second kappa shape index (κ2) is 10.5. The lowest BCUT2D eigenvalue weighted by Crippen LogP contribution is -2.53. The van der Waals surface area contributed by atoms with Gasteiger partial charge in [-0.25, -0.2) is 0 Å². The van der Waals surface area contributed by atoms with E-state index in [2.05, 4.69) is 17.1 Å². The summed E-state index contributed by atoms with van der Waals surface area (Å²) in [5.41, 5.74) is 0. The minimum Gasteiger partial charge on any atom is -0.381 e. The number of ether oxygens (including phenoxy) is 2. The van der Waals surface area contributed by atoms with Gasteiger partial charge in [-0.2, -0.15) is 0 Å². The highest BCUT2D eigenvalue weighted by molar-refractivity contribution is 5.80. The number of hydrogen-bond donors (Lipinski definition) is 1. The molecule has 0 saturated carbocycles. The van der Waals surface area contributed by atoms with Gasteiger partial charge in [-0.1, -0.05) is 0 Å². The third-order valence-corrected chi connectivity index (χ3v) is 4.45. The monoisotopic (exact) mass is 340 g/mol. The molecule has 2 heterocycles. The number of hydrogen-bond acceptors (Lipinski definition) is 4. The number of carbonyl (C=O) groups is 1. The summed E-state index contributed by atoms with van der Waals surface area (Å²) in [6.45, 7) is 10.9. The summed E-state index contributed by atoms with van der Waals surface area (Å²) in [5.74, 6) is 1.11. The van der Waals surface area contributed by atoms with Gasteiger partial charge in [0.05, 0.1) is 6.10 Å². The van der Waals surface area contributed by atoms with Gasteiger partial charge >= 0.3 is 0 Å². The Bertz CT molecular complexity index is 403. The molecule has 2 rings (SSSR count). The molecule has 0 radical (unpaired) electrons. The van der Waals surface area contributed by atoms with Crippen molar-refractivity contribution in [2.75, 3.05) is 59.1 Å². The molecule has 24 heavy (non-hydrogen) atoms. The predicted molar refractivity (Wildman–Crippen MR) is 94.2 cm³/mol. The Hall–Kier alpha value is -1.34. The Morgan fingerprint density at radius 3 is 2.50 bits per heavy atom. The molecule has 0 spiro atoms. The second-order valence-corrected chi connectivity index (χ2v) is 6.26. The molecule has 0 aliphatic carbocycles. The first kappa shape index (κ1) is 19.0. The van der Waals surface area contributed by atoms with E-state index in [1.165, 1.54) is 0 Å². The molecule has 0 aromatic heterocycles. The third-order valence-electron chi connectivity index (χ3n) is 4.45. The topological polar surface area (TPSA) is 66.4 Å². The van der Waals surface area contributed by atoms with Crippen molar-refractivity contribution in [3.8, 4) is 0 Å². The van der Waals surface area contributed by atoms with Crippen molar-refractivity contribution < 1.29 is 14.3 Å². The molecule has 7 nitrogen and oxygen atoms in total. The highest BCUT2D eigenvalue weighted by Crippen LogP contribution is 2.10. The van der Waals surface area contributed by atoms with Gasteiger partial charge in [-0.3, -0.25) is 9.79 Å². The van der Waals surface area contributed by atoms with Crippen molar-refractivity contribution in [3.05, 3.63) is 0 Å². The number of aliphatic imine (C=N–C) groups is 1. The van der Waals surface area contributed by atoms with Crippen LogP contribution in [-0.2, 0) is 14.3 Å². The van der Waals surface area contributed by atoms with Gasteiger partial charge in [0.1, 0.15) is 0 Å². The van der Waals surface area contributed by atoms with E-state index in [9.17, 15) is 4.79 Å². The number of carbonyl (C=O) groups excluding carboxylic acids is 1. The van der Waals surface area contributed by atoms with Crippen LogP contribution in [-0.4, -0.2) is 86.9 Å². The van der Waals surface area contributed by atoms with E-state index < -0.39 is 0 Å². The fourth-order valence-electron chi connectivity index (χ4n) is 3.00. The van der Waals surface area contributed by atoms with Crippen LogP contribution in [0.25, 0.3) is 0 Å². The van der Waals surface area contributed by atoms with Crippen LogP contribution in [0, 0.1) is 0 Å². The zero-order valence-electron chi connectivity index (χ0n) is 15.1. The summed E-state index contributed by atoms with van der Waals surface area (Å²) in [6, 6.07) is 0. The molecule has 1 amide bonds. The SMILES string of the molecule is CCNC(=NCCCOC1CCOCC1)N1CCN(C(C)=O)CC1. The minimum atomic E-state index is 0.154. The van der Waals surface area contributed by atoms with Crippen LogP contribution in [0.2, 0.25) is 0 Å². The first-order chi connectivity index (χ1) is 11.7. The Kier molecular flexibility index (Phi) is 8.32. The molecule has 0 atom stereocenters. The maximum absolute atomic E-state index is 11.4. The van der Waals surface area contributed by atoms with E-state index in [0.29, 0.717) is 6.10 Å². The van der Waals surface area contributed by atoms with Crippen LogP contribution in [0.1, 0.15) is 33.1 Å². The fraction of sp³-hybridized carbons (Fsp3) is 0.882. The number of amides is 1. The molecule has 2 saturated heterocycles. The number of nitrogens with zero attached hydrogens (tertiary/aromatic N) is 3. The first-order valence-electron chi connectivity index (χ1n) is 9.18. The zero-order chi connectivity index (χ0) is 17.2. The van der Waals surface area contributed by atoms with Gasteiger partial charge in [0.2, 0.25) is 5.91 Å². The summed E-state index contributed by atoms with van der Waals surface area (Å²) in [4.78, 5) is 20.3. The standard InChI is InChI=1S/C17H32N4O3/c1-3-18-17(21-10-8-20(9-11-21)15(2)22)19-7-4-12-24-16-5-13-23-14-6-16/h16H,3-14H2,1-2H3,(H,18,19). The molecule has 2 fully saturated rings. The molecule has 0 aromatic rings. The van der Waals surface area contributed by atoms with Crippen molar-refractivity contribution in [2.24, 2.45) is 4.99 Å². The summed E-state index contributed by atoms with van der Waals surface area (Å²) in [7, 11) is 0. The fourth-order valence-corrected chi connectivity index (χ4v) is 3.00. The molecule has 2 aliphatic heterocycles. The highest BCUT2D eigenvalue weighted by atomic mass is 16.5. The van der Waals surface area contributed by atoms with Gasteiger partial charge in [-0.05, 0) is 26.2 Å².